The number of hydrogen-bond donors (Lipinski definition) is 1. The number of hydrogen-bond acceptors (Lipinski definition) is 4. The van der Waals surface area contributed by atoms with Gasteiger partial charge in [0.2, 0.25) is 0 Å². The Balaban J connectivity index is 2.07. The fourth-order valence-electron chi connectivity index (χ4n) is 2.27. The molecule has 0 radical (unpaired) electrons. The summed E-state index contributed by atoms with van der Waals surface area (Å²) in [7, 11) is 5.33. The molecule has 0 saturated carbocycles. The number of likely N-dealkylation sites (N-methyl/N-ethyl adjacent to an activating group) is 1. The molecular weight excluding hydrogens is 350 g/mol. The third-order valence-corrected chi connectivity index (χ3v) is 5.06. The maximum atomic E-state index is 5.36. The van der Waals surface area contributed by atoms with E-state index >= 15 is 0 Å². The first-order valence-corrected chi connectivity index (χ1v) is 8.39. The Morgan fingerprint density at radius 3 is 2.43 bits per heavy atom. The SMILES string of the molecule is CNC(Cc1ccc(OC)c(OC)c1)Cc1ccc(Br)s1. The van der Waals surface area contributed by atoms with Crippen LogP contribution in [0.2, 0.25) is 0 Å². The van der Waals surface area contributed by atoms with E-state index in [1.165, 1.54) is 14.2 Å². The third-order valence-electron chi connectivity index (χ3n) is 3.41. The van der Waals surface area contributed by atoms with Crippen molar-refractivity contribution in [2.45, 2.75) is 18.9 Å². The summed E-state index contributed by atoms with van der Waals surface area (Å²) in [6, 6.07) is 10.8. The van der Waals surface area contributed by atoms with Crippen molar-refractivity contribution in [1.29, 1.82) is 0 Å². The van der Waals surface area contributed by atoms with Crippen LogP contribution in [0.4, 0.5) is 0 Å². The van der Waals surface area contributed by atoms with Gasteiger partial charge in [-0.3, -0.25) is 0 Å². The van der Waals surface area contributed by atoms with Gasteiger partial charge >= 0.3 is 0 Å². The second kappa shape index (κ2) is 7.82. The summed E-state index contributed by atoms with van der Waals surface area (Å²) >= 11 is 5.30. The van der Waals surface area contributed by atoms with Crippen LogP contribution in [0.3, 0.4) is 0 Å². The van der Waals surface area contributed by atoms with Crippen molar-refractivity contribution in [2.75, 3.05) is 21.3 Å². The molecule has 2 aromatic rings. The molecule has 0 amide bonds. The summed E-state index contributed by atoms with van der Waals surface area (Å²) in [5, 5.41) is 3.39. The van der Waals surface area contributed by atoms with Gasteiger partial charge in [0.25, 0.3) is 0 Å². The Hall–Kier alpha value is -1.04. The van der Waals surface area contributed by atoms with Gasteiger partial charge in [-0.25, -0.2) is 0 Å². The highest BCUT2D eigenvalue weighted by Crippen LogP contribution is 2.29. The number of methoxy groups -OCH3 is 2. The third kappa shape index (κ3) is 4.46. The predicted octanol–water partition coefficient (Wildman–Crippen LogP) is 3.90. The van der Waals surface area contributed by atoms with Crippen molar-refractivity contribution >= 4 is 27.3 Å². The second-order valence-corrected chi connectivity index (χ2v) is 7.34. The molecule has 1 atom stereocenters. The maximum absolute atomic E-state index is 5.36. The molecule has 0 saturated heterocycles. The van der Waals surface area contributed by atoms with E-state index in [9.17, 15) is 0 Å². The van der Waals surface area contributed by atoms with Crippen LogP contribution in [0.15, 0.2) is 34.1 Å². The normalized spacial score (nSPS) is 12.2. The molecule has 2 rings (SSSR count). The molecule has 0 bridgehead atoms. The number of ether oxygens (including phenoxy) is 2. The quantitative estimate of drug-likeness (QED) is 0.802. The predicted molar refractivity (Wildman–Crippen MR) is 91.8 cm³/mol. The second-order valence-electron chi connectivity index (χ2n) is 4.79. The van der Waals surface area contributed by atoms with Crippen molar-refractivity contribution < 1.29 is 9.47 Å². The van der Waals surface area contributed by atoms with Gasteiger partial charge < -0.3 is 14.8 Å². The summed E-state index contributed by atoms with van der Waals surface area (Å²) in [6.07, 6.45) is 1.97. The zero-order chi connectivity index (χ0) is 15.2. The Kier molecular flexibility index (Phi) is 6.08. The van der Waals surface area contributed by atoms with Gasteiger partial charge in [0, 0.05) is 10.9 Å². The Labute approximate surface area is 138 Å². The first-order chi connectivity index (χ1) is 10.2. The van der Waals surface area contributed by atoms with Crippen molar-refractivity contribution in [1.82, 2.24) is 5.32 Å². The van der Waals surface area contributed by atoms with Gasteiger partial charge in [0.1, 0.15) is 0 Å². The van der Waals surface area contributed by atoms with Gasteiger partial charge in [0.05, 0.1) is 18.0 Å². The molecule has 3 nitrogen and oxygen atoms in total. The van der Waals surface area contributed by atoms with Gasteiger partial charge in [-0.15, -0.1) is 11.3 Å². The molecular formula is C16H20BrNO2S. The Morgan fingerprint density at radius 2 is 1.86 bits per heavy atom. The maximum Gasteiger partial charge on any atom is 0.160 e. The van der Waals surface area contributed by atoms with Gasteiger partial charge in [0.15, 0.2) is 11.5 Å². The van der Waals surface area contributed by atoms with Crippen LogP contribution in [-0.2, 0) is 12.8 Å². The minimum atomic E-state index is 0.397. The lowest BCUT2D eigenvalue weighted by Crippen LogP contribution is -2.29. The van der Waals surface area contributed by atoms with E-state index < -0.39 is 0 Å². The summed E-state index contributed by atoms with van der Waals surface area (Å²) in [4.78, 5) is 1.38. The lowest BCUT2D eigenvalue weighted by Gasteiger charge is -2.16. The summed E-state index contributed by atoms with van der Waals surface area (Å²) < 4.78 is 11.8. The fraction of sp³-hybridized carbons (Fsp3) is 0.375. The van der Waals surface area contributed by atoms with E-state index in [0.717, 1.165) is 24.3 Å². The van der Waals surface area contributed by atoms with E-state index in [4.69, 9.17) is 9.47 Å². The lowest BCUT2D eigenvalue weighted by molar-refractivity contribution is 0.354. The molecule has 1 N–H and O–H groups in total. The minimum Gasteiger partial charge on any atom is -0.493 e. The van der Waals surface area contributed by atoms with Crippen molar-refractivity contribution in [3.05, 3.63) is 44.6 Å². The topological polar surface area (TPSA) is 30.5 Å². The van der Waals surface area contributed by atoms with Crippen molar-refractivity contribution in [3.8, 4) is 11.5 Å². The molecule has 1 aromatic carbocycles. The number of nitrogens with one attached hydrogen (secondary N) is 1. The number of rotatable bonds is 7. The van der Waals surface area contributed by atoms with Crippen LogP contribution < -0.4 is 14.8 Å². The molecule has 5 heteroatoms. The standard InChI is InChI=1S/C16H20BrNO2S/c1-18-12(10-13-5-7-16(17)21-13)8-11-4-6-14(19-2)15(9-11)20-3/h4-7,9,12,18H,8,10H2,1-3H3. The average molecular weight is 370 g/mol. The molecule has 0 aliphatic heterocycles. The first kappa shape index (κ1) is 16.3. The fourth-order valence-corrected chi connectivity index (χ4v) is 3.84. The molecule has 1 heterocycles. The van der Waals surface area contributed by atoms with Crippen LogP contribution >= 0.6 is 27.3 Å². The van der Waals surface area contributed by atoms with E-state index in [1.807, 2.05) is 19.2 Å². The molecule has 21 heavy (non-hydrogen) atoms. The summed E-state index contributed by atoms with van der Waals surface area (Å²) in [5.74, 6) is 1.55. The summed E-state index contributed by atoms with van der Waals surface area (Å²) in [5.41, 5.74) is 1.24. The summed E-state index contributed by atoms with van der Waals surface area (Å²) in [6.45, 7) is 0. The van der Waals surface area contributed by atoms with Crippen LogP contribution in [0.1, 0.15) is 10.4 Å². The van der Waals surface area contributed by atoms with Crippen LogP contribution in [-0.4, -0.2) is 27.3 Å². The van der Waals surface area contributed by atoms with E-state index in [2.05, 4.69) is 39.4 Å². The Bertz CT molecular complexity index is 585. The van der Waals surface area contributed by atoms with Gasteiger partial charge in [-0.2, -0.15) is 0 Å². The highest BCUT2D eigenvalue weighted by molar-refractivity contribution is 9.11. The van der Waals surface area contributed by atoms with Crippen molar-refractivity contribution in [3.63, 3.8) is 0 Å². The van der Waals surface area contributed by atoms with Crippen LogP contribution in [0.25, 0.3) is 0 Å². The largest absolute Gasteiger partial charge is 0.493 e. The first-order valence-electron chi connectivity index (χ1n) is 6.78. The zero-order valence-electron chi connectivity index (χ0n) is 12.5. The number of halogens is 1. The molecule has 0 aliphatic rings. The smallest absolute Gasteiger partial charge is 0.160 e. The molecule has 0 spiro atoms. The van der Waals surface area contributed by atoms with E-state index in [1.54, 1.807) is 25.6 Å². The van der Waals surface area contributed by atoms with Crippen LogP contribution in [0.5, 0.6) is 11.5 Å². The highest BCUT2D eigenvalue weighted by atomic mass is 79.9. The van der Waals surface area contributed by atoms with E-state index in [-0.39, 0.29) is 0 Å². The monoisotopic (exact) mass is 369 g/mol. The molecule has 0 fully saturated rings. The van der Waals surface area contributed by atoms with Gasteiger partial charge in [-0.1, -0.05) is 6.07 Å². The van der Waals surface area contributed by atoms with Crippen molar-refractivity contribution in [2.24, 2.45) is 0 Å². The average Bonchev–Trinajstić information content (AvgIpc) is 2.91. The lowest BCUT2D eigenvalue weighted by atomic mass is 10.0. The Morgan fingerprint density at radius 1 is 1.10 bits per heavy atom. The highest BCUT2D eigenvalue weighted by Gasteiger charge is 2.12. The number of thiophene rings is 1. The zero-order valence-corrected chi connectivity index (χ0v) is 14.9. The van der Waals surface area contributed by atoms with Gasteiger partial charge in [-0.05, 0) is 65.6 Å². The number of benzene rings is 1. The molecule has 114 valence electrons. The minimum absolute atomic E-state index is 0.397. The molecule has 1 aromatic heterocycles. The van der Waals surface area contributed by atoms with E-state index in [0.29, 0.717) is 6.04 Å². The molecule has 1 unspecified atom stereocenters. The van der Waals surface area contributed by atoms with Crippen LogP contribution in [0, 0.1) is 0 Å². The molecule has 0 aliphatic carbocycles.